The summed E-state index contributed by atoms with van der Waals surface area (Å²) in [6.45, 7) is 0. The van der Waals surface area contributed by atoms with E-state index in [1.807, 2.05) is 6.20 Å². The van der Waals surface area contributed by atoms with Crippen molar-refractivity contribution >= 4 is 0 Å². The molecule has 0 aliphatic heterocycles. The van der Waals surface area contributed by atoms with Crippen LogP contribution in [0.4, 0.5) is 0 Å². The van der Waals surface area contributed by atoms with Gasteiger partial charge in [0.1, 0.15) is 0 Å². The second-order valence-electron chi connectivity index (χ2n) is 5.41. The van der Waals surface area contributed by atoms with Gasteiger partial charge in [0, 0.05) is 17.8 Å². The molecule has 0 aromatic carbocycles. The summed E-state index contributed by atoms with van der Waals surface area (Å²) in [4.78, 5) is 0. The Kier molecular flexibility index (Phi) is 2.72. The molecule has 1 heterocycles. The Morgan fingerprint density at radius 3 is 2.62 bits per heavy atom. The zero-order valence-corrected chi connectivity index (χ0v) is 9.81. The van der Waals surface area contributed by atoms with Crippen molar-refractivity contribution in [2.75, 3.05) is 0 Å². The van der Waals surface area contributed by atoms with Crippen LogP contribution in [0.25, 0.3) is 0 Å². The first kappa shape index (κ1) is 10.3. The molecule has 1 aromatic heterocycles. The van der Waals surface area contributed by atoms with Gasteiger partial charge in [0.2, 0.25) is 0 Å². The third kappa shape index (κ3) is 2.01. The van der Waals surface area contributed by atoms with Crippen LogP contribution in [-0.4, -0.2) is 9.78 Å². The van der Waals surface area contributed by atoms with Gasteiger partial charge in [0.05, 0.1) is 12.2 Å². The SMILES string of the molecule is NC(c1cnn(C2CCCCC2)c1)C1CC1. The van der Waals surface area contributed by atoms with E-state index in [4.69, 9.17) is 5.73 Å². The predicted octanol–water partition coefficient (Wildman–Crippen LogP) is 2.80. The molecule has 0 spiro atoms. The monoisotopic (exact) mass is 219 g/mol. The average Bonchev–Trinajstić information content (AvgIpc) is 3.07. The fourth-order valence-electron chi connectivity index (χ4n) is 2.80. The van der Waals surface area contributed by atoms with Gasteiger partial charge in [-0.15, -0.1) is 0 Å². The molecule has 2 fully saturated rings. The minimum atomic E-state index is 0.234. The summed E-state index contributed by atoms with van der Waals surface area (Å²) in [5.41, 5.74) is 7.43. The van der Waals surface area contributed by atoms with Crippen molar-refractivity contribution in [1.29, 1.82) is 0 Å². The molecule has 2 N–H and O–H groups in total. The van der Waals surface area contributed by atoms with E-state index < -0.39 is 0 Å². The maximum atomic E-state index is 6.19. The lowest BCUT2D eigenvalue weighted by molar-refractivity contribution is 0.329. The predicted molar refractivity (Wildman–Crippen MR) is 64.0 cm³/mol. The van der Waals surface area contributed by atoms with Crippen LogP contribution in [0.5, 0.6) is 0 Å². The fourth-order valence-corrected chi connectivity index (χ4v) is 2.80. The van der Waals surface area contributed by atoms with Gasteiger partial charge in [-0.1, -0.05) is 19.3 Å². The van der Waals surface area contributed by atoms with Crippen molar-refractivity contribution in [2.45, 2.75) is 57.0 Å². The molecule has 2 aliphatic rings. The molecule has 3 rings (SSSR count). The van der Waals surface area contributed by atoms with Crippen LogP contribution < -0.4 is 5.73 Å². The minimum Gasteiger partial charge on any atom is -0.324 e. The van der Waals surface area contributed by atoms with Crippen LogP contribution in [0.1, 0.15) is 62.6 Å². The molecule has 0 saturated heterocycles. The van der Waals surface area contributed by atoms with Crippen LogP contribution in [0.2, 0.25) is 0 Å². The Bertz CT molecular complexity index is 348. The Labute approximate surface area is 97.0 Å². The van der Waals surface area contributed by atoms with Gasteiger partial charge < -0.3 is 5.73 Å². The topological polar surface area (TPSA) is 43.8 Å². The highest BCUT2D eigenvalue weighted by Gasteiger charge is 2.30. The van der Waals surface area contributed by atoms with Gasteiger partial charge in [-0.2, -0.15) is 5.10 Å². The summed E-state index contributed by atoms with van der Waals surface area (Å²) < 4.78 is 2.16. The Morgan fingerprint density at radius 2 is 1.94 bits per heavy atom. The maximum absolute atomic E-state index is 6.19. The molecule has 1 unspecified atom stereocenters. The molecule has 0 bridgehead atoms. The van der Waals surface area contributed by atoms with Crippen molar-refractivity contribution in [1.82, 2.24) is 9.78 Å². The van der Waals surface area contributed by atoms with Crippen molar-refractivity contribution in [3.8, 4) is 0 Å². The molecule has 3 nitrogen and oxygen atoms in total. The van der Waals surface area contributed by atoms with E-state index in [2.05, 4.69) is 16.0 Å². The second kappa shape index (κ2) is 4.21. The minimum absolute atomic E-state index is 0.234. The third-order valence-electron chi connectivity index (χ3n) is 4.09. The lowest BCUT2D eigenvalue weighted by atomic mass is 9.96. The number of hydrogen-bond donors (Lipinski definition) is 1. The summed E-state index contributed by atoms with van der Waals surface area (Å²) in [5, 5.41) is 4.51. The summed E-state index contributed by atoms with van der Waals surface area (Å²) in [6.07, 6.45) is 13.5. The summed E-state index contributed by atoms with van der Waals surface area (Å²) in [6, 6.07) is 0.867. The highest BCUT2D eigenvalue weighted by molar-refractivity contribution is 5.13. The Morgan fingerprint density at radius 1 is 1.19 bits per heavy atom. The lowest BCUT2D eigenvalue weighted by Gasteiger charge is -2.21. The number of nitrogens with two attached hydrogens (primary N) is 1. The molecular weight excluding hydrogens is 198 g/mol. The average molecular weight is 219 g/mol. The standard InChI is InChI=1S/C13H21N3/c14-13(10-6-7-10)11-8-15-16(9-11)12-4-2-1-3-5-12/h8-10,12-13H,1-7,14H2. The number of hydrogen-bond acceptors (Lipinski definition) is 2. The normalized spacial score (nSPS) is 24.6. The van der Waals surface area contributed by atoms with Crippen molar-refractivity contribution in [3.05, 3.63) is 18.0 Å². The molecule has 2 saturated carbocycles. The third-order valence-corrected chi connectivity index (χ3v) is 4.09. The van der Waals surface area contributed by atoms with E-state index in [0.29, 0.717) is 6.04 Å². The summed E-state index contributed by atoms with van der Waals surface area (Å²) in [5.74, 6) is 0.726. The number of aromatic nitrogens is 2. The van der Waals surface area contributed by atoms with E-state index in [9.17, 15) is 0 Å². The number of rotatable bonds is 3. The lowest BCUT2D eigenvalue weighted by Crippen LogP contribution is -2.14. The van der Waals surface area contributed by atoms with E-state index >= 15 is 0 Å². The molecule has 3 heteroatoms. The van der Waals surface area contributed by atoms with Crippen molar-refractivity contribution in [3.63, 3.8) is 0 Å². The van der Waals surface area contributed by atoms with Crippen molar-refractivity contribution < 1.29 is 0 Å². The Hall–Kier alpha value is -0.830. The van der Waals surface area contributed by atoms with Gasteiger partial charge in [0.15, 0.2) is 0 Å². The molecule has 1 aromatic rings. The first-order valence-electron chi connectivity index (χ1n) is 6.64. The second-order valence-corrected chi connectivity index (χ2v) is 5.41. The van der Waals surface area contributed by atoms with Gasteiger partial charge >= 0.3 is 0 Å². The summed E-state index contributed by atoms with van der Waals surface area (Å²) in [7, 11) is 0. The van der Waals surface area contributed by atoms with Crippen LogP contribution in [0.15, 0.2) is 12.4 Å². The molecule has 16 heavy (non-hydrogen) atoms. The van der Waals surface area contributed by atoms with Gasteiger partial charge in [-0.25, -0.2) is 0 Å². The zero-order valence-electron chi connectivity index (χ0n) is 9.81. The molecule has 1 atom stereocenters. The largest absolute Gasteiger partial charge is 0.324 e. The Balaban J connectivity index is 1.70. The smallest absolute Gasteiger partial charge is 0.0537 e. The molecule has 0 radical (unpaired) electrons. The van der Waals surface area contributed by atoms with E-state index in [1.54, 1.807) is 0 Å². The van der Waals surface area contributed by atoms with E-state index in [-0.39, 0.29) is 6.04 Å². The maximum Gasteiger partial charge on any atom is 0.0537 e. The van der Waals surface area contributed by atoms with Gasteiger partial charge in [0.25, 0.3) is 0 Å². The van der Waals surface area contributed by atoms with Crippen LogP contribution >= 0.6 is 0 Å². The molecular formula is C13H21N3. The first-order chi connectivity index (χ1) is 7.84. The number of nitrogens with zero attached hydrogens (tertiary/aromatic N) is 2. The fraction of sp³-hybridized carbons (Fsp3) is 0.769. The summed E-state index contributed by atoms with van der Waals surface area (Å²) >= 11 is 0. The van der Waals surface area contributed by atoms with E-state index in [0.717, 1.165) is 5.92 Å². The van der Waals surface area contributed by atoms with Crippen molar-refractivity contribution in [2.24, 2.45) is 11.7 Å². The highest BCUT2D eigenvalue weighted by atomic mass is 15.3. The molecule has 0 amide bonds. The first-order valence-corrected chi connectivity index (χ1v) is 6.64. The van der Waals surface area contributed by atoms with Gasteiger partial charge in [-0.05, 0) is 31.6 Å². The highest BCUT2D eigenvalue weighted by Crippen LogP contribution is 2.39. The van der Waals surface area contributed by atoms with E-state index in [1.165, 1.54) is 50.5 Å². The van der Waals surface area contributed by atoms with Crippen LogP contribution in [0.3, 0.4) is 0 Å². The zero-order chi connectivity index (χ0) is 11.0. The molecule has 88 valence electrons. The van der Waals surface area contributed by atoms with Crippen LogP contribution in [-0.2, 0) is 0 Å². The van der Waals surface area contributed by atoms with Gasteiger partial charge in [-0.3, -0.25) is 4.68 Å². The van der Waals surface area contributed by atoms with Crippen LogP contribution in [0, 0.1) is 5.92 Å². The quantitative estimate of drug-likeness (QED) is 0.849. The molecule has 2 aliphatic carbocycles.